The predicted octanol–water partition coefficient (Wildman–Crippen LogP) is 5.41. The summed E-state index contributed by atoms with van der Waals surface area (Å²) in [5.74, 6) is 0.830. The molecule has 2 nitrogen and oxygen atoms in total. The lowest BCUT2D eigenvalue weighted by atomic mass is 9.97. The molecule has 1 N–H and O–H groups in total. The summed E-state index contributed by atoms with van der Waals surface area (Å²) in [4.78, 5) is 0. The minimum absolute atomic E-state index is 0.0211. The summed E-state index contributed by atoms with van der Waals surface area (Å²) in [6.45, 7) is 2.93. The van der Waals surface area contributed by atoms with E-state index >= 15 is 0 Å². The zero-order valence-corrected chi connectivity index (χ0v) is 16.3. The number of rotatable bonds is 5. The van der Waals surface area contributed by atoms with E-state index in [2.05, 4.69) is 69.0 Å². The van der Waals surface area contributed by atoms with Crippen molar-refractivity contribution < 1.29 is 4.74 Å². The maximum atomic E-state index is 6.18. The van der Waals surface area contributed by atoms with E-state index in [0.29, 0.717) is 5.02 Å². The van der Waals surface area contributed by atoms with Gasteiger partial charge < -0.3 is 10.1 Å². The van der Waals surface area contributed by atoms with Gasteiger partial charge in [-0.05, 0) is 71.1 Å². The highest BCUT2D eigenvalue weighted by Crippen LogP contribution is 2.36. The van der Waals surface area contributed by atoms with Gasteiger partial charge in [-0.2, -0.15) is 0 Å². The Morgan fingerprint density at radius 3 is 2.67 bits per heavy atom. The molecule has 0 saturated carbocycles. The molecule has 5 heteroatoms. The molecular formula is C16H16BrClINO. The third kappa shape index (κ3) is 4.12. The summed E-state index contributed by atoms with van der Waals surface area (Å²) < 4.78 is 7.76. The molecule has 0 radical (unpaired) electrons. The van der Waals surface area contributed by atoms with Gasteiger partial charge in [0, 0.05) is 18.6 Å². The van der Waals surface area contributed by atoms with Gasteiger partial charge in [0.05, 0.1) is 13.2 Å². The normalized spacial score (nSPS) is 12.2. The van der Waals surface area contributed by atoms with Gasteiger partial charge in [-0.15, -0.1) is 0 Å². The topological polar surface area (TPSA) is 21.3 Å². The van der Waals surface area contributed by atoms with Crippen LogP contribution in [0.15, 0.2) is 40.9 Å². The molecule has 1 unspecified atom stereocenters. The molecule has 0 bridgehead atoms. The van der Waals surface area contributed by atoms with Crippen LogP contribution < -0.4 is 10.1 Å². The van der Waals surface area contributed by atoms with Gasteiger partial charge in [0.2, 0.25) is 0 Å². The summed E-state index contributed by atoms with van der Waals surface area (Å²) in [7, 11) is 1.68. The number of hydrogen-bond donors (Lipinski definition) is 1. The van der Waals surface area contributed by atoms with Crippen LogP contribution in [0.3, 0.4) is 0 Å². The van der Waals surface area contributed by atoms with Crippen molar-refractivity contribution in [3.63, 3.8) is 0 Å². The van der Waals surface area contributed by atoms with Crippen LogP contribution in [-0.4, -0.2) is 13.7 Å². The van der Waals surface area contributed by atoms with Crippen LogP contribution in [0, 0.1) is 3.57 Å². The van der Waals surface area contributed by atoms with E-state index in [9.17, 15) is 0 Å². The third-order valence-electron chi connectivity index (χ3n) is 3.18. The van der Waals surface area contributed by atoms with Gasteiger partial charge in [0.1, 0.15) is 5.75 Å². The fourth-order valence-electron chi connectivity index (χ4n) is 2.26. The number of nitrogens with one attached hydrogen (secondary N) is 1. The van der Waals surface area contributed by atoms with Crippen LogP contribution in [0.2, 0.25) is 5.02 Å². The van der Waals surface area contributed by atoms with Crippen molar-refractivity contribution in [1.82, 2.24) is 5.32 Å². The minimum atomic E-state index is 0.0211. The lowest BCUT2D eigenvalue weighted by Gasteiger charge is -2.23. The van der Waals surface area contributed by atoms with E-state index in [-0.39, 0.29) is 6.04 Å². The average Bonchev–Trinajstić information content (AvgIpc) is 2.47. The molecule has 0 fully saturated rings. The molecule has 112 valence electrons. The quantitative estimate of drug-likeness (QED) is 0.578. The van der Waals surface area contributed by atoms with Gasteiger partial charge in [-0.1, -0.05) is 34.5 Å². The Labute approximate surface area is 152 Å². The standard InChI is InChI=1S/C16H16BrClINO/c1-3-20-16(12-9-11(19)5-6-14(12)17)13-8-10(18)4-7-15(13)21-2/h4-9,16,20H,3H2,1-2H3. The molecule has 0 aliphatic rings. The van der Waals surface area contributed by atoms with Gasteiger partial charge >= 0.3 is 0 Å². The highest BCUT2D eigenvalue weighted by molar-refractivity contribution is 14.1. The van der Waals surface area contributed by atoms with Crippen molar-refractivity contribution in [2.75, 3.05) is 13.7 Å². The van der Waals surface area contributed by atoms with Crippen LogP contribution in [0.5, 0.6) is 5.75 Å². The van der Waals surface area contributed by atoms with Crippen LogP contribution in [0.25, 0.3) is 0 Å². The molecule has 0 heterocycles. The van der Waals surface area contributed by atoms with Crippen LogP contribution in [0.1, 0.15) is 24.1 Å². The fraction of sp³-hybridized carbons (Fsp3) is 0.250. The highest BCUT2D eigenvalue weighted by Gasteiger charge is 2.20. The Bertz CT molecular complexity index is 636. The zero-order valence-electron chi connectivity index (χ0n) is 11.8. The van der Waals surface area contributed by atoms with Crippen molar-refractivity contribution in [3.05, 3.63) is 60.6 Å². The molecule has 0 amide bonds. The first-order valence-corrected chi connectivity index (χ1v) is 8.83. The molecule has 1 atom stereocenters. The van der Waals surface area contributed by atoms with Crippen LogP contribution in [-0.2, 0) is 0 Å². The maximum absolute atomic E-state index is 6.18. The number of methoxy groups -OCH3 is 1. The molecule has 2 aromatic carbocycles. The summed E-state index contributed by atoms with van der Waals surface area (Å²) in [5, 5.41) is 4.22. The van der Waals surface area contributed by atoms with Crippen molar-refractivity contribution in [2.24, 2.45) is 0 Å². The van der Waals surface area contributed by atoms with E-state index in [0.717, 1.165) is 22.3 Å². The molecule has 21 heavy (non-hydrogen) atoms. The molecule has 0 aliphatic heterocycles. The van der Waals surface area contributed by atoms with Gasteiger partial charge in [-0.25, -0.2) is 0 Å². The Morgan fingerprint density at radius 2 is 2.00 bits per heavy atom. The molecule has 0 aromatic heterocycles. The largest absolute Gasteiger partial charge is 0.496 e. The predicted molar refractivity (Wildman–Crippen MR) is 100 cm³/mol. The number of hydrogen-bond acceptors (Lipinski definition) is 2. The molecule has 2 rings (SSSR count). The maximum Gasteiger partial charge on any atom is 0.124 e. The van der Waals surface area contributed by atoms with Crippen LogP contribution in [0.4, 0.5) is 0 Å². The van der Waals surface area contributed by atoms with Gasteiger partial charge in [-0.3, -0.25) is 0 Å². The smallest absolute Gasteiger partial charge is 0.124 e. The Hall–Kier alpha value is -0.300. The first-order valence-electron chi connectivity index (χ1n) is 6.58. The monoisotopic (exact) mass is 479 g/mol. The third-order valence-corrected chi connectivity index (χ3v) is 4.81. The summed E-state index contributed by atoms with van der Waals surface area (Å²) in [6, 6.07) is 12.0. The number of halogens is 3. The van der Waals surface area contributed by atoms with E-state index in [1.165, 1.54) is 9.13 Å². The SMILES string of the molecule is CCNC(c1cc(I)ccc1Br)c1cc(Cl)ccc1OC. The molecule has 0 aliphatic carbocycles. The second-order valence-corrected chi connectivity index (χ2v) is 7.08. The zero-order chi connectivity index (χ0) is 15.4. The average molecular weight is 481 g/mol. The summed E-state index contributed by atoms with van der Waals surface area (Å²) >= 11 is 12.1. The summed E-state index contributed by atoms with van der Waals surface area (Å²) in [5.41, 5.74) is 2.21. The lowest BCUT2D eigenvalue weighted by Crippen LogP contribution is -2.23. The van der Waals surface area contributed by atoms with E-state index in [4.69, 9.17) is 16.3 Å². The summed E-state index contributed by atoms with van der Waals surface area (Å²) in [6.07, 6.45) is 0. The second-order valence-electron chi connectivity index (χ2n) is 4.54. The highest BCUT2D eigenvalue weighted by atomic mass is 127. The van der Waals surface area contributed by atoms with E-state index in [1.807, 2.05) is 18.2 Å². The molecule has 0 saturated heterocycles. The van der Waals surface area contributed by atoms with E-state index < -0.39 is 0 Å². The van der Waals surface area contributed by atoms with Gasteiger partial charge in [0.15, 0.2) is 0 Å². The minimum Gasteiger partial charge on any atom is -0.496 e. The first-order chi connectivity index (χ1) is 10.1. The van der Waals surface area contributed by atoms with Crippen molar-refractivity contribution >= 4 is 50.1 Å². The van der Waals surface area contributed by atoms with Crippen molar-refractivity contribution in [2.45, 2.75) is 13.0 Å². The second kappa shape index (κ2) is 7.81. The molecular weight excluding hydrogens is 464 g/mol. The van der Waals surface area contributed by atoms with E-state index in [1.54, 1.807) is 7.11 Å². The van der Waals surface area contributed by atoms with Gasteiger partial charge in [0.25, 0.3) is 0 Å². The lowest BCUT2D eigenvalue weighted by molar-refractivity contribution is 0.404. The number of benzene rings is 2. The Kier molecular flexibility index (Phi) is 6.34. The Morgan fingerprint density at radius 1 is 1.24 bits per heavy atom. The van der Waals surface area contributed by atoms with Crippen molar-refractivity contribution in [3.8, 4) is 5.75 Å². The Balaban J connectivity index is 2.58. The van der Waals surface area contributed by atoms with Crippen LogP contribution >= 0.6 is 50.1 Å². The number of ether oxygens (including phenoxy) is 1. The molecule has 2 aromatic rings. The fourth-order valence-corrected chi connectivity index (χ4v) is 3.43. The first kappa shape index (κ1) is 17.1. The van der Waals surface area contributed by atoms with Crippen molar-refractivity contribution in [1.29, 1.82) is 0 Å². The molecule has 0 spiro atoms.